The summed E-state index contributed by atoms with van der Waals surface area (Å²) in [6, 6.07) is 0. The minimum Gasteiger partial charge on any atom is -0.409 e. The van der Waals surface area contributed by atoms with E-state index in [0.29, 0.717) is 6.54 Å². The van der Waals surface area contributed by atoms with Gasteiger partial charge in [-0.05, 0) is 20.8 Å². The van der Waals surface area contributed by atoms with Crippen molar-refractivity contribution in [3.63, 3.8) is 0 Å². The Balaban J connectivity index is 4.93. The molecule has 0 rings (SSSR count). The van der Waals surface area contributed by atoms with Gasteiger partial charge in [0, 0.05) is 13.6 Å². The second-order valence-electron chi connectivity index (χ2n) is 4.10. The Morgan fingerprint density at radius 2 is 2.00 bits per heavy atom. The van der Waals surface area contributed by atoms with Gasteiger partial charge in [0.05, 0.1) is 6.54 Å². The van der Waals surface area contributed by atoms with Crippen molar-refractivity contribution in [1.29, 1.82) is 0 Å². The maximum absolute atomic E-state index is 12.1. The highest BCUT2D eigenvalue weighted by atomic mass is 16.4. The lowest BCUT2D eigenvalue weighted by Gasteiger charge is -2.29. The molecule has 0 aromatic heterocycles. The van der Waals surface area contributed by atoms with E-state index in [-0.39, 0.29) is 24.2 Å². The molecule has 17 heavy (non-hydrogen) atoms. The molecule has 4 N–H and O–H groups in total. The highest BCUT2D eigenvalue weighted by Gasteiger charge is 2.36. The maximum Gasteiger partial charge on any atom is 0.239 e. The maximum atomic E-state index is 12.1. The molecule has 0 aliphatic rings. The predicted octanol–water partition coefficient (Wildman–Crippen LogP) is -0.646. The molecular weight excluding hydrogens is 224 g/mol. The lowest BCUT2D eigenvalue weighted by atomic mass is 9.90. The van der Waals surface area contributed by atoms with Crippen LogP contribution in [0.1, 0.15) is 20.8 Å². The van der Waals surface area contributed by atoms with E-state index in [9.17, 15) is 9.59 Å². The summed E-state index contributed by atoms with van der Waals surface area (Å²) in [5, 5.41) is 13.9. The van der Waals surface area contributed by atoms with E-state index in [4.69, 9.17) is 10.9 Å². The van der Waals surface area contributed by atoms with Crippen molar-refractivity contribution in [1.82, 2.24) is 10.2 Å². The molecule has 0 heterocycles. The van der Waals surface area contributed by atoms with Gasteiger partial charge in [0.2, 0.25) is 11.8 Å². The van der Waals surface area contributed by atoms with Crippen LogP contribution in [0, 0.1) is 5.41 Å². The van der Waals surface area contributed by atoms with Crippen molar-refractivity contribution in [2.75, 3.05) is 20.1 Å². The quantitative estimate of drug-likeness (QED) is 0.258. The fourth-order valence-electron chi connectivity index (χ4n) is 1.21. The Bertz CT molecular complexity index is 326. The van der Waals surface area contributed by atoms with Crippen molar-refractivity contribution in [3.8, 4) is 0 Å². The standard InChI is InChI=1S/C10H20N4O3/c1-5-14(6-7(15)12-4)9(16)10(2,3)8(11)13-17/h17H,5-6H2,1-4H3,(H2,11,13)(H,12,15). The van der Waals surface area contributed by atoms with Gasteiger partial charge in [-0.3, -0.25) is 9.59 Å². The Labute approximate surface area is 101 Å². The number of amidine groups is 1. The van der Waals surface area contributed by atoms with Crippen LogP contribution in [0.3, 0.4) is 0 Å². The first-order valence-corrected chi connectivity index (χ1v) is 5.29. The second-order valence-corrected chi connectivity index (χ2v) is 4.10. The summed E-state index contributed by atoms with van der Waals surface area (Å²) in [5.74, 6) is -0.813. The number of nitrogens with one attached hydrogen (secondary N) is 1. The molecule has 0 aliphatic heterocycles. The van der Waals surface area contributed by atoms with Gasteiger partial charge in [0.1, 0.15) is 5.41 Å². The zero-order chi connectivity index (χ0) is 13.6. The Morgan fingerprint density at radius 3 is 2.35 bits per heavy atom. The third-order valence-electron chi connectivity index (χ3n) is 2.56. The van der Waals surface area contributed by atoms with E-state index in [2.05, 4.69) is 10.5 Å². The topological polar surface area (TPSA) is 108 Å². The van der Waals surface area contributed by atoms with Gasteiger partial charge >= 0.3 is 0 Å². The van der Waals surface area contributed by atoms with Crippen LogP contribution >= 0.6 is 0 Å². The average molecular weight is 244 g/mol. The fourth-order valence-corrected chi connectivity index (χ4v) is 1.21. The molecule has 7 nitrogen and oxygen atoms in total. The number of nitrogens with two attached hydrogens (primary N) is 1. The van der Waals surface area contributed by atoms with E-state index in [1.807, 2.05) is 0 Å². The van der Waals surface area contributed by atoms with Crippen LogP contribution in [0.4, 0.5) is 0 Å². The van der Waals surface area contributed by atoms with E-state index >= 15 is 0 Å². The van der Waals surface area contributed by atoms with Crippen LogP contribution in [0.25, 0.3) is 0 Å². The van der Waals surface area contributed by atoms with Crippen LogP contribution < -0.4 is 11.1 Å². The zero-order valence-electron chi connectivity index (χ0n) is 10.6. The summed E-state index contributed by atoms with van der Waals surface area (Å²) in [6.07, 6.45) is 0. The lowest BCUT2D eigenvalue weighted by molar-refractivity contribution is -0.140. The highest BCUT2D eigenvalue weighted by Crippen LogP contribution is 2.19. The number of nitrogens with zero attached hydrogens (tertiary/aromatic N) is 2. The molecule has 0 saturated heterocycles. The summed E-state index contributed by atoms with van der Waals surface area (Å²) >= 11 is 0. The minimum atomic E-state index is -1.14. The average Bonchev–Trinajstić information content (AvgIpc) is 2.33. The number of oxime groups is 1. The van der Waals surface area contributed by atoms with Crippen molar-refractivity contribution in [2.24, 2.45) is 16.3 Å². The number of hydrogen-bond acceptors (Lipinski definition) is 4. The lowest BCUT2D eigenvalue weighted by Crippen LogP contribution is -2.50. The van der Waals surface area contributed by atoms with Gasteiger partial charge in [-0.1, -0.05) is 5.16 Å². The first-order valence-electron chi connectivity index (χ1n) is 5.29. The van der Waals surface area contributed by atoms with Gasteiger partial charge < -0.3 is 21.2 Å². The van der Waals surface area contributed by atoms with Crippen molar-refractivity contribution in [3.05, 3.63) is 0 Å². The first-order chi connectivity index (χ1) is 7.81. The van der Waals surface area contributed by atoms with Crippen LogP contribution in [0.15, 0.2) is 5.16 Å². The number of carbonyl (C=O) groups excluding carboxylic acids is 2. The van der Waals surface area contributed by atoms with Crippen LogP contribution in [-0.4, -0.2) is 47.9 Å². The van der Waals surface area contributed by atoms with E-state index < -0.39 is 5.41 Å². The summed E-state index contributed by atoms with van der Waals surface area (Å²) < 4.78 is 0. The molecule has 0 saturated carbocycles. The molecule has 98 valence electrons. The molecule has 0 aliphatic carbocycles. The van der Waals surface area contributed by atoms with Crippen molar-refractivity contribution < 1.29 is 14.8 Å². The molecule has 0 aromatic carbocycles. The first kappa shape index (κ1) is 15.2. The summed E-state index contributed by atoms with van der Waals surface area (Å²) in [5.41, 5.74) is 4.32. The summed E-state index contributed by atoms with van der Waals surface area (Å²) in [7, 11) is 1.50. The molecule has 2 amide bonds. The van der Waals surface area contributed by atoms with Gasteiger partial charge in [-0.25, -0.2) is 0 Å². The van der Waals surface area contributed by atoms with Crippen LogP contribution in [0.2, 0.25) is 0 Å². The number of hydrogen-bond donors (Lipinski definition) is 3. The Morgan fingerprint density at radius 1 is 1.47 bits per heavy atom. The highest BCUT2D eigenvalue weighted by molar-refractivity contribution is 6.06. The van der Waals surface area contributed by atoms with Gasteiger partial charge in [-0.2, -0.15) is 0 Å². The third-order valence-corrected chi connectivity index (χ3v) is 2.56. The van der Waals surface area contributed by atoms with Crippen LogP contribution in [-0.2, 0) is 9.59 Å². The molecule has 0 unspecified atom stereocenters. The monoisotopic (exact) mass is 244 g/mol. The predicted molar refractivity (Wildman–Crippen MR) is 63.5 cm³/mol. The second kappa shape index (κ2) is 6.07. The normalized spacial score (nSPS) is 12.1. The molecule has 7 heteroatoms. The Hall–Kier alpha value is -1.79. The molecule has 0 spiro atoms. The summed E-state index contributed by atoms with van der Waals surface area (Å²) in [4.78, 5) is 24.7. The van der Waals surface area contributed by atoms with E-state index in [0.717, 1.165) is 0 Å². The molecule has 0 atom stereocenters. The van der Waals surface area contributed by atoms with Gasteiger partial charge in [0.15, 0.2) is 5.84 Å². The number of rotatable bonds is 5. The number of amides is 2. The molecule has 0 bridgehead atoms. The van der Waals surface area contributed by atoms with Crippen molar-refractivity contribution >= 4 is 17.6 Å². The fraction of sp³-hybridized carbons (Fsp3) is 0.700. The zero-order valence-corrected chi connectivity index (χ0v) is 10.6. The third kappa shape index (κ3) is 3.61. The Kier molecular flexibility index (Phi) is 5.43. The molecule has 0 radical (unpaired) electrons. The van der Waals surface area contributed by atoms with Crippen LogP contribution in [0.5, 0.6) is 0 Å². The number of carbonyl (C=O) groups is 2. The molecule has 0 fully saturated rings. The van der Waals surface area contributed by atoms with Crippen molar-refractivity contribution in [2.45, 2.75) is 20.8 Å². The SMILES string of the molecule is CCN(CC(=O)NC)C(=O)C(C)(C)C(N)=NO. The molecule has 0 aromatic rings. The summed E-state index contributed by atoms with van der Waals surface area (Å²) in [6.45, 7) is 5.15. The smallest absolute Gasteiger partial charge is 0.239 e. The minimum absolute atomic E-state index is 0.0476. The van der Waals surface area contributed by atoms with Gasteiger partial charge in [-0.15, -0.1) is 0 Å². The van der Waals surface area contributed by atoms with E-state index in [1.165, 1.54) is 25.8 Å². The van der Waals surface area contributed by atoms with Gasteiger partial charge in [0.25, 0.3) is 0 Å². The number of likely N-dealkylation sites (N-methyl/N-ethyl adjacent to an activating group) is 2. The van der Waals surface area contributed by atoms with E-state index in [1.54, 1.807) is 6.92 Å². The largest absolute Gasteiger partial charge is 0.409 e. The molecular formula is C10H20N4O3.